The molecule has 2 N–H and O–H groups in total. The van der Waals surface area contributed by atoms with Crippen molar-refractivity contribution in [3.63, 3.8) is 0 Å². The van der Waals surface area contributed by atoms with Crippen molar-refractivity contribution < 1.29 is 13.3 Å². The molecule has 3 aromatic rings. The van der Waals surface area contributed by atoms with E-state index in [9.17, 15) is 18.5 Å². The first-order chi connectivity index (χ1) is 9.77. The summed E-state index contributed by atoms with van der Waals surface area (Å²) in [5.74, 6) is 0. The molecular weight excluding hydrogens is 406 g/mol. The average Bonchev–Trinajstić information content (AvgIpc) is 3.03. The predicted octanol–water partition coefficient (Wildman–Crippen LogP) is 1.92. The van der Waals surface area contributed by atoms with Gasteiger partial charge in [0.2, 0.25) is 0 Å². The Morgan fingerprint density at radius 3 is 2.71 bits per heavy atom. The molecule has 0 radical (unpaired) electrons. The molecule has 110 valence electrons. The van der Waals surface area contributed by atoms with Crippen LogP contribution in [0.5, 0.6) is 0 Å². The molecule has 3 aromatic heterocycles. The first-order valence-corrected chi connectivity index (χ1v) is 10.6. The first kappa shape index (κ1) is 14.5. The SMILES string of the molecule is NS(=O)(=O)c1nn2cc(-c3ccc([N+](=O)[O-])s3)nc2[s+]1Br. The van der Waals surface area contributed by atoms with Gasteiger partial charge in [-0.1, -0.05) is 16.4 Å². The molecule has 3 rings (SSSR count). The minimum absolute atomic E-state index is 0.00438. The van der Waals surface area contributed by atoms with Crippen LogP contribution >= 0.6 is 35.1 Å². The van der Waals surface area contributed by atoms with Gasteiger partial charge < -0.3 is 0 Å². The molecule has 0 aliphatic heterocycles. The van der Waals surface area contributed by atoms with Crippen LogP contribution < -0.4 is 5.14 Å². The zero-order valence-electron chi connectivity index (χ0n) is 9.83. The van der Waals surface area contributed by atoms with Gasteiger partial charge in [-0.3, -0.25) is 10.1 Å². The lowest BCUT2D eigenvalue weighted by Gasteiger charge is -1.86. The molecule has 0 aliphatic rings. The van der Waals surface area contributed by atoms with E-state index in [-0.39, 0.29) is 9.34 Å². The number of hydrogen-bond acceptors (Lipinski definition) is 7. The monoisotopic (exact) mass is 410 g/mol. The molecule has 0 aliphatic carbocycles. The lowest BCUT2D eigenvalue weighted by molar-refractivity contribution is -0.380. The maximum absolute atomic E-state index is 11.4. The van der Waals surface area contributed by atoms with E-state index in [0.29, 0.717) is 15.5 Å². The van der Waals surface area contributed by atoms with Crippen molar-refractivity contribution >= 4 is 55.0 Å². The number of primary sulfonamides is 1. The number of nitro groups is 1. The molecule has 0 saturated heterocycles. The highest BCUT2D eigenvalue weighted by atomic mass is 79.9. The van der Waals surface area contributed by atoms with Gasteiger partial charge in [0.15, 0.2) is 0 Å². The number of sulfonamides is 1. The fourth-order valence-corrected chi connectivity index (χ4v) is 6.87. The summed E-state index contributed by atoms with van der Waals surface area (Å²) in [5.41, 5.74) is 0.484. The Hall–Kier alpha value is -1.41. The molecule has 0 amide bonds. The van der Waals surface area contributed by atoms with Gasteiger partial charge in [-0.05, 0) is 6.07 Å². The minimum Gasteiger partial charge on any atom is -0.258 e. The van der Waals surface area contributed by atoms with Crippen LogP contribution in [0.15, 0.2) is 22.7 Å². The third-order valence-corrected chi connectivity index (χ3v) is 8.67. The Morgan fingerprint density at radius 1 is 1.48 bits per heavy atom. The van der Waals surface area contributed by atoms with E-state index in [4.69, 9.17) is 5.14 Å². The van der Waals surface area contributed by atoms with Crippen LogP contribution in [0.2, 0.25) is 0 Å². The highest BCUT2D eigenvalue weighted by molar-refractivity contribution is 9.34. The second kappa shape index (κ2) is 4.81. The van der Waals surface area contributed by atoms with E-state index < -0.39 is 23.8 Å². The van der Waals surface area contributed by atoms with Crippen molar-refractivity contribution in [3.05, 3.63) is 28.4 Å². The minimum atomic E-state index is -3.91. The molecule has 13 heteroatoms. The van der Waals surface area contributed by atoms with Crippen LogP contribution in [0.3, 0.4) is 0 Å². The van der Waals surface area contributed by atoms with Crippen LogP contribution in [0.25, 0.3) is 15.5 Å². The number of nitrogens with two attached hydrogens (primary N) is 1. The van der Waals surface area contributed by atoms with Gasteiger partial charge in [-0.2, -0.15) is 9.50 Å². The van der Waals surface area contributed by atoms with E-state index in [1.165, 1.54) is 16.8 Å². The van der Waals surface area contributed by atoms with Crippen LogP contribution in [0.4, 0.5) is 5.00 Å². The normalized spacial score (nSPS) is 13.0. The molecular formula is C8H5BrN5O4S3+. The van der Waals surface area contributed by atoms with Crippen molar-refractivity contribution in [1.82, 2.24) is 14.6 Å². The van der Waals surface area contributed by atoms with E-state index in [2.05, 4.69) is 24.9 Å². The van der Waals surface area contributed by atoms with Gasteiger partial charge in [-0.15, -0.1) is 0 Å². The van der Waals surface area contributed by atoms with Crippen molar-refractivity contribution in [1.29, 1.82) is 0 Å². The van der Waals surface area contributed by atoms with Gasteiger partial charge in [0, 0.05) is 6.07 Å². The van der Waals surface area contributed by atoms with Crippen LogP contribution in [-0.4, -0.2) is 27.9 Å². The summed E-state index contributed by atoms with van der Waals surface area (Å²) in [7, 11) is -4.94. The molecule has 3 heterocycles. The Labute approximate surface area is 131 Å². The van der Waals surface area contributed by atoms with Crippen LogP contribution in [0, 0.1) is 10.1 Å². The Balaban J connectivity index is 2.12. The number of hydrogen-bond donors (Lipinski definition) is 1. The van der Waals surface area contributed by atoms with Gasteiger partial charge in [0.25, 0.3) is 14.8 Å². The fraction of sp³-hybridized carbons (Fsp3) is 0. The van der Waals surface area contributed by atoms with Gasteiger partial charge >= 0.3 is 24.3 Å². The summed E-state index contributed by atoms with van der Waals surface area (Å²) in [5, 5.41) is 19.6. The summed E-state index contributed by atoms with van der Waals surface area (Å²) in [6, 6.07) is 2.97. The second-order valence-corrected chi connectivity index (χ2v) is 9.82. The summed E-state index contributed by atoms with van der Waals surface area (Å²) in [4.78, 5) is 15.4. The highest BCUT2D eigenvalue weighted by Gasteiger charge is 2.33. The number of nitrogens with zero attached hydrogens (tertiary/aromatic N) is 4. The number of thiophene rings is 1. The third kappa shape index (κ3) is 2.46. The van der Waals surface area contributed by atoms with E-state index in [0.717, 1.165) is 11.3 Å². The van der Waals surface area contributed by atoms with E-state index in [1.54, 1.807) is 6.07 Å². The zero-order valence-corrected chi connectivity index (χ0v) is 13.9. The quantitative estimate of drug-likeness (QED) is 0.398. The van der Waals surface area contributed by atoms with E-state index >= 15 is 0 Å². The van der Waals surface area contributed by atoms with Gasteiger partial charge in [0.1, 0.15) is 14.6 Å². The summed E-state index contributed by atoms with van der Waals surface area (Å²) in [6.07, 6.45) is 1.50. The summed E-state index contributed by atoms with van der Waals surface area (Å²) >= 11 is 4.18. The smallest absolute Gasteiger partial charge is 0.258 e. The van der Waals surface area contributed by atoms with Gasteiger partial charge in [-0.25, -0.2) is 13.6 Å². The van der Waals surface area contributed by atoms with Crippen molar-refractivity contribution in [2.75, 3.05) is 0 Å². The third-order valence-electron chi connectivity index (χ3n) is 2.43. The van der Waals surface area contributed by atoms with E-state index in [1.807, 2.05) is 0 Å². The van der Waals surface area contributed by atoms with Crippen LogP contribution in [-0.2, 0) is 10.0 Å². The number of fused-ring (bicyclic) bond motifs is 1. The largest absolute Gasteiger partial charge is 0.406 e. The van der Waals surface area contributed by atoms with Crippen LogP contribution in [0.1, 0.15) is 0 Å². The number of halogens is 1. The maximum atomic E-state index is 11.4. The molecule has 0 spiro atoms. The number of rotatable bonds is 3. The predicted molar refractivity (Wildman–Crippen MR) is 81.1 cm³/mol. The lowest BCUT2D eigenvalue weighted by Crippen LogP contribution is -2.12. The zero-order chi connectivity index (χ0) is 15.4. The molecule has 0 saturated carbocycles. The Bertz CT molecular complexity index is 972. The molecule has 0 aromatic carbocycles. The van der Waals surface area contributed by atoms with Gasteiger partial charge in [0.05, 0.1) is 16.0 Å². The number of aromatic nitrogens is 3. The molecule has 21 heavy (non-hydrogen) atoms. The topological polar surface area (TPSA) is 133 Å². The average molecular weight is 411 g/mol. The lowest BCUT2D eigenvalue weighted by atomic mass is 10.4. The summed E-state index contributed by atoms with van der Waals surface area (Å²) < 4.78 is 23.8. The standard InChI is InChI=1S/C8H5BrN5O4S3/c9-20-7-11-4(5-1-2-6(19-5)14(15)16)3-13(7)12-8(20)21(10,17)18/h1-3H,(H2,10,17,18)/q+1. The first-order valence-electron chi connectivity index (χ1n) is 5.13. The number of imidazole rings is 1. The molecule has 1 atom stereocenters. The van der Waals surface area contributed by atoms with Crippen molar-refractivity contribution in [3.8, 4) is 10.6 Å². The molecule has 0 bridgehead atoms. The fourth-order valence-electron chi connectivity index (χ4n) is 1.59. The molecule has 1 unspecified atom stereocenters. The Morgan fingerprint density at radius 2 is 2.19 bits per heavy atom. The second-order valence-electron chi connectivity index (χ2n) is 3.82. The highest BCUT2D eigenvalue weighted by Crippen LogP contribution is 2.39. The molecule has 0 fully saturated rings. The Kier molecular flexibility index (Phi) is 3.32. The van der Waals surface area contributed by atoms with Crippen molar-refractivity contribution in [2.24, 2.45) is 5.14 Å². The maximum Gasteiger partial charge on any atom is 0.406 e. The molecule has 9 nitrogen and oxygen atoms in total. The van der Waals surface area contributed by atoms with Crippen molar-refractivity contribution in [2.45, 2.75) is 4.34 Å². The summed E-state index contributed by atoms with van der Waals surface area (Å²) in [6.45, 7) is 0.